The minimum absolute atomic E-state index is 0.202. The highest BCUT2D eigenvalue weighted by atomic mass is 35.5. The van der Waals surface area contributed by atoms with E-state index in [1.165, 1.54) is 6.07 Å². The Morgan fingerprint density at radius 1 is 1.10 bits per heavy atom. The number of hydrogen-bond donors (Lipinski definition) is 1. The van der Waals surface area contributed by atoms with Crippen molar-refractivity contribution in [1.82, 2.24) is 0 Å². The fourth-order valence-electron chi connectivity index (χ4n) is 4.48. The van der Waals surface area contributed by atoms with Crippen LogP contribution in [0, 0.1) is 19.7 Å². The largest absolute Gasteiger partial charge is 0.481 e. The zero-order chi connectivity index (χ0) is 22.4. The highest BCUT2D eigenvalue weighted by Crippen LogP contribution is 2.49. The minimum atomic E-state index is -1.37. The first-order valence-corrected chi connectivity index (χ1v) is 11.6. The Balaban J connectivity index is 2.16. The zero-order valence-electron chi connectivity index (χ0n) is 17.3. The van der Waals surface area contributed by atoms with Crippen LogP contribution in [0.4, 0.5) is 10.1 Å². The maximum absolute atomic E-state index is 15.1. The molecular formula is C24H21ClFNO3S. The summed E-state index contributed by atoms with van der Waals surface area (Å²) in [4.78, 5) is 11.8. The van der Waals surface area contributed by atoms with E-state index in [0.29, 0.717) is 33.0 Å². The molecule has 1 unspecified atom stereocenters. The second kappa shape index (κ2) is 8.09. The normalized spacial score (nSPS) is 13.5. The average molecular weight is 458 g/mol. The molecular weight excluding hydrogens is 437 g/mol. The van der Waals surface area contributed by atoms with E-state index in [-0.39, 0.29) is 18.8 Å². The molecule has 1 aliphatic rings. The Bertz CT molecular complexity index is 1240. The molecule has 0 aliphatic carbocycles. The first kappa shape index (κ1) is 21.5. The van der Waals surface area contributed by atoms with Crippen molar-refractivity contribution in [3.63, 3.8) is 0 Å². The Kier molecular flexibility index (Phi) is 5.62. The van der Waals surface area contributed by atoms with E-state index in [4.69, 9.17) is 11.6 Å². The summed E-state index contributed by atoms with van der Waals surface area (Å²) >= 11 is 6.07. The van der Waals surface area contributed by atoms with Crippen LogP contribution in [0.2, 0.25) is 5.02 Å². The van der Waals surface area contributed by atoms with Crippen molar-refractivity contribution < 1.29 is 18.5 Å². The molecule has 4 rings (SSSR count). The van der Waals surface area contributed by atoms with Gasteiger partial charge in [-0.25, -0.2) is 8.60 Å². The maximum atomic E-state index is 15.1. The molecule has 1 atom stereocenters. The van der Waals surface area contributed by atoms with Crippen LogP contribution in [0.1, 0.15) is 22.3 Å². The maximum Gasteiger partial charge on any atom is 0.307 e. The standard InChI is InChI=1S/C24H21ClFNO3S/c1-13-18(11-20(28)29)21(15-7-9-17(25)10-8-15)14(2)22-23-16(5-4-6-19(23)26)12-27(24(13)22)31(3)30/h4-10H,11-12H2,1-3H3,(H,28,29). The molecule has 0 amide bonds. The number of carboxylic acids is 1. The molecule has 31 heavy (non-hydrogen) atoms. The summed E-state index contributed by atoms with van der Waals surface area (Å²) in [5.74, 6) is -1.32. The predicted octanol–water partition coefficient (Wildman–Crippen LogP) is 5.67. The first-order chi connectivity index (χ1) is 14.7. The molecule has 0 saturated carbocycles. The van der Waals surface area contributed by atoms with Crippen LogP contribution in [-0.4, -0.2) is 21.5 Å². The third-order valence-corrected chi connectivity index (χ3v) is 6.97. The third-order valence-electron chi connectivity index (χ3n) is 5.78. The van der Waals surface area contributed by atoms with Gasteiger partial charge in [0.1, 0.15) is 16.8 Å². The van der Waals surface area contributed by atoms with Crippen LogP contribution in [0.5, 0.6) is 0 Å². The number of aliphatic carboxylic acids is 1. The number of fused-ring (bicyclic) bond motifs is 3. The number of nitrogens with zero attached hydrogens (tertiary/aromatic N) is 1. The monoisotopic (exact) mass is 457 g/mol. The summed E-state index contributed by atoms with van der Waals surface area (Å²) < 4.78 is 29.5. The van der Waals surface area contributed by atoms with Gasteiger partial charge in [-0.1, -0.05) is 35.9 Å². The Morgan fingerprint density at radius 3 is 2.39 bits per heavy atom. The summed E-state index contributed by atoms with van der Waals surface area (Å²) in [5.41, 5.74) is 6.13. The lowest BCUT2D eigenvalue weighted by molar-refractivity contribution is -0.136. The van der Waals surface area contributed by atoms with Gasteiger partial charge in [0.05, 0.1) is 18.7 Å². The highest BCUT2D eigenvalue weighted by Gasteiger charge is 2.33. The van der Waals surface area contributed by atoms with Gasteiger partial charge < -0.3 is 5.11 Å². The minimum Gasteiger partial charge on any atom is -0.481 e. The molecule has 3 aromatic rings. The van der Waals surface area contributed by atoms with Crippen molar-refractivity contribution in [3.05, 3.63) is 75.6 Å². The van der Waals surface area contributed by atoms with Crippen LogP contribution in [0.15, 0.2) is 42.5 Å². The van der Waals surface area contributed by atoms with Gasteiger partial charge in [0.2, 0.25) is 0 Å². The van der Waals surface area contributed by atoms with Gasteiger partial charge >= 0.3 is 5.97 Å². The highest BCUT2D eigenvalue weighted by molar-refractivity contribution is 7.85. The van der Waals surface area contributed by atoms with Crippen LogP contribution in [-0.2, 0) is 28.7 Å². The molecule has 1 N–H and O–H groups in total. The van der Waals surface area contributed by atoms with Crippen LogP contribution in [0.25, 0.3) is 22.3 Å². The van der Waals surface area contributed by atoms with E-state index >= 15 is 4.39 Å². The van der Waals surface area contributed by atoms with Gasteiger partial charge in [0.15, 0.2) is 0 Å². The van der Waals surface area contributed by atoms with E-state index in [9.17, 15) is 14.1 Å². The zero-order valence-corrected chi connectivity index (χ0v) is 18.9. The quantitative estimate of drug-likeness (QED) is 0.549. The lowest BCUT2D eigenvalue weighted by Gasteiger charge is -2.35. The SMILES string of the molecule is Cc1c(-c2ccc(Cl)cc2)c(CC(=O)O)c(C)c2c1-c1c(F)cccc1CN2S(C)=O. The number of benzene rings is 3. The molecule has 0 aromatic heterocycles. The van der Waals surface area contributed by atoms with E-state index in [2.05, 4.69) is 0 Å². The average Bonchev–Trinajstić information content (AvgIpc) is 2.71. The molecule has 0 bridgehead atoms. The molecule has 0 radical (unpaired) electrons. The summed E-state index contributed by atoms with van der Waals surface area (Å²) in [7, 11) is -1.37. The van der Waals surface area contributed by atoms with Crippen LogP contribution < -0.4 is 4.31 Å². The van der Waals surface area contributed by atoms with Crippen LogP contribution >= 0.6 is 11.6 Å². The van der Waals surface area contributed by atoms with Gasteiger partial charge in [-0.3, -0.25) is 9.10 Å². The summed E-state index contributed by atoms with van der Waals surface area (Å²) in [6, 6.07) is 12.1. The third kappa shape index (κ3) is 3.64. The van der Waals surface area contributed by atoms with Gasteiger partial charge in [-0.05, 0) is 65.4 Å². The lowest BCUT2D eigenvalue weighted by atomic mass is 9.81. The second-order valence-electron chi connectivity index (χ2n) is 7.64. The van der Waals surface area contributed by atoms with Crippen molar-refractivity contribution in [2.24, 2.45) is 0 Å². The number of carbonyl (C=O) groups is 1. The smallest absolute Gasteiger partial charge is 0.307 e. The Labute approximate surface area is 187 Å². The van der Waals surface area contributed by atoms with E-state index in [0.717, 1.165) is 22.3 Å². The van der Waals surface area contributed by atoms with Gasteiger partial charge in [-0.2, -0.15) is 0 Å². The van der Waals surface area contributed by atoms with Gasteiger partial charge in [-0.15, -0.1) is 0 Å². The van der Waals surface area contributed by atoms with Gasteiger partial charge in [0, 0.05) is 22.4 Å². The molecule has 3 aromatic carbocycles. The molecule has 160 valence electrons. The molecule has 1 aliphatic heterocycles. The van der Waals surface area contributed by atoms with Crippen molar-refractivity contribution in [1.29, 1.82) is 0 Å². The number of anilines is 1. The number of hydrogen-bond acceptors (Lipinski definition) is 2. The fraction of sp³-hybridized carbons (Fsp3) is 0.208. The van der Waals surface area contributed by atoms with Crippen molar-refractivity contribution in [3.8, 4) is 22.3 Å². The van der Waals surface area contributed by atoms with Gasteiger partial charge in [0.25, 0.3) is 0 Å². The lowest BCUT2D eigenvalue weighted by Crippen LogP contribution is -2.30. The van der Waals surface area contributed by atoms with Crippen LogP contribution in [0.3, 0.4) is 0 Å². The number of carboxylic acid groups (broad SMARTS) is 1. The van der Waals surface area contributed by atoms with Crippen molar-refractivity contribution in [2.45, 2.75) is 26.8 Å². The number of halogens is 2. The number of rotatable bonds is 4. The fourth-order valence-corrected chi connectivity index (χ4v) is 5.41. The first-order valence-electron chi connectivity index (χ1n) is 9.73. The summed E-state index contributed by atoms with van der Waals surface area (Å²) in [6.45, 7) is 3.98. The Morgan fingerprint density at radius 2 is 1.77 bits per heavy atom. The molecule has 7 heteroatoms. The predicted molar refractivity (Wildman–Crippen MR) is 123 cm³/mol. The summed E-state index contributed by atoms with van der Waals surface area (Å²) in [5, 5.41) is 10.2. The Hall–Kier alpha value is -2.70. The van der Waals surface area contributed by atoms with E-state index in [1.807, 2.05) is 32.0 Å². The molecule has 0 fully saturated rings. The van der Waals surface area contributed by atoms with Crippen molar-refractivity contribution >= 4 is 34.2 Å². The topological polar surface area (TPSA) is 57.6 Å². The van der Waals surface area contributed by atoms with Crippen molar-refractivity contribution in [2.75, 3.05) is 10.6 Å². The van der Waals surface area contributed by atoms with E-state index < -0.39 is 17.0 Å². The molecule has 0 saturated heterocycles. The molecule has 0 spiro atoms. The second-order valence-corrected chi connectivity index (χ2v) is 9.36. The van der Waals surface area contributed by atoms with E-state index in [1.54, 1.807) is 28.8 Å². The molecule has 1 heterocycles. The summed E-state index contributed by atoms with van der Waals surface area (Å²) in [6.07, 6.45) is 1.37. The molecule has 4 nitrogen and oxygen atoms in total.